The summed E-state index contributed by atoms with van der Waals surface area (Å²) < 4.78 is 18.6. The van der Waals surface area contributed by atoms with E-state index in [0.29, 0.717) is 31.1 Å². The van der Waals surface area contributed by atoms with Gasteiger partial charge in [0.25, 0.3) is 0 Å². The maximum absolute atomic E-state index is 12.3. The SMILES string of the molecule is COCc1cn([C@H]2CO[C@H]3[C@@H]2OC[C@@H]3NC(=O)Nc2cccc(C#N)c2)nn1. The third-order valence-electron chi connectivity index (χ3n) is 4.78. The Morgan fingerprint density at radius 3 is 3.07 bits per heavy atom. The molecule has 4 rings (SSSR count). The van der Waals surface area contributed by atoms with Crippen LogP contribution in [0.1, 0.15) is 17.3 Å². The van der Waals surface area contributed by atoms with Crippen LogP contribution in [0, 0.1) is 11.3 Å². The van der Waals surface area contributed by atoms with Gasteiger partial charge in [-0.15, -0.1) is 5.10 Å². The molecule has 0 saturated carbocycles. The molecule has 28 heavy (non-hydrogen) atoms. The van der Waals surface area contributed by atoms with Gasteiger partial charge in [0.2, 0.25) is 0 Å². The molecule has 2 aliphatic rings. The second-order valence-electron chi connectivity index (χ2n) is 6.68. The van der Waals surface area contributed by atoms with Gasteiger partial charge >= 0.3 is 6.03 Å². The number of carbonyl (C=O) groups excluding carboxylic acids is 1. The number of fused-ring (bicyclic) bond motifs is 1. The van der Waals surface area contributed by atoms with Gasteiger partial charge in [0, 0.05) is 12.8 Å². The van der Waals surface area contributed by atoms with Gasteiger partial charge in [-0.3, -0.25) is 0 Å². The van der Waals surface area contributed by atoms with E-state index < -0.39 is 0 Å². The van der Waals surface area contributed by atoms with Crippen LogP contribution in [0.2, 0.25) is 0 Å². The maximum Gasteiger partial charge on any atom is 0.319 e. The van der Waals surface area contributed by atoms with Crippen LogP contribution in [0.25, 0.3) is 0 Å². The number of amides is 2. The number of rotatable bonds is 5. The summed E-state index contributed by atoms with van der Waals surface area (Å²) in [7, 11) is 1.60. The number of hydrogen-bond donors (Lipinski definition) is 2. The van der Waals surface area contributed by atoms with Crippen molar-refractivity contribution in [2.75, 3.05) is 25.6 Å². The van der Waals surface area contributed by atoms with Crippen molar-refractivity contribution in [3.05, 3.63) is 41.7 Å². The molecule has 2 saturated heterocycles. The molecule has 0 bridgehead atoms. The summed E-state index contributed by atoms with van der Waals surface area (Å²) in [5.41, 5.74) is 1.76. The first-order valence-electron chi connectivity index (χ1n) is 8.88. The minimum Gasteiger partial charge on any atom is -0.378 e. The third kappa shape index (κ3) is 3.68. The van der Waals surface area contributed by atoms with Gasteiger partial charge < -0.3 is 24.8 Å². The fraction of sp³-hybridized carbons (Fsp3) is 0.444. The molecule has 2 aromatic rings. The quantitative estimate of drug-likeness (QED) is 0.782. The molecule has 4 atom stereocenters. The van der Waals surface area contributed by atoms with E-state index in [9.17, 15) is 4.79 Å². The Balaban J connectivity index is 1.36. The minimum absolute atomic E-state index is 0.106. The number of methoxy groups -OCH3 is 1. The number of urea groups is 1. The van der Waals surface area contributed by atoms with E-state index in [-0.39, 0.29) is 30.3 Å². The first kappa shape index (κ1) is 18.4. The van der Waals surface area contributed by atoms with Crippen molar-refractivity contribution < 1.29 is 19.0 Å². The minimum atomic E-state index is -0.375. The number of anilines is 1. The molecule has 2 aliphatic heterocycles. The summed E-state index contributed by atoms with van der Waals surface area (Å²) in [6, 6.07) is 7.99. The first-order chi connectivity index (χ1) is 13.7. The van der Waals surface area contributed by atoms with Crippen LogP contribution in [0.15, 0.2) is 30.5 Å². The zero-order chi connectivity index (χ0) is 19.5. The summed E-state index contributed by atoms with van der Waals surface area (Å²) in [5, 5.41) is 22.8. The first-order valence-corrected chi connectivity index (χ1v) is 8.88. The number of carbonyl (C=O) groups is 1. The molecule has 0 spiro atoms. The van der Waals surface area contributed by atoms with E-state index >= 15 is 0 Å². The molecule has 0 unspecified atom stereocenters. The van der Waals surface area contributed by atoms with Crippen LogP contribution < -0.4 is 10.6 Å². The summed E-state index contributed by atoms with van der Waals surface area (Å²) in [4.78, 5) is 12.3. The Morgan fingerprint density at radius 2 is 2.25 bits per heavy atom. The number of nitriles is 1. The molecule has 0 radical (unpaired) electrons. The summed E-state index contributed by atoms with van der Waals surface area (Å²) >= 11 is 0. The van der Waals surface area contributed by atoms with Crippen LogP contribution in [-0.4, -0.2) is 59.6 Å². The highest BCUT2D eigenvalue weighted by Gasteiger charge is 2.49. The van der Waals surface area contributed by atoms with Crippen molar-refractivity contribution in [2.24, 2.45) is 0 Å². The Labute approximate surface area is 161 Å². The van der Waals surface area contributed by atoms with Crippen molar-refractivity contribution >= 4 is 11.7 Å². The molecular formula is C18H20N6O4. The molecule has 2 fully saturated rings. The van der Waals surface area contributed by atoms with Crippen LogP contribution in [-0.2, 0) is 20.8 Å². The number of benzene rings is 1. The van der Waals surface area contributed by atoms with Crippen LogP contribution >= 0.6 is 0 Å². The van der Waals surface area contributed by atoms with Gasteiger partial charge in [0.15, 0.2) is 0 Å². The molecule has 2 amide bonds. The smallest absolute Gasteiger partial charge is 0.319 e. The van der Waals surface area contributed by atoms with Crippen LogP contribution in [0.3, 0.4) is 0 Å². The van der Waals surface area contributed by atoms with E-state index in [4.69, 9.17) is 19.5 Å². The van der Waals surface area contributed by atoms with Gasteiger partial charge in [0.1, 0.15) is 23.9 Å². The van der Waals surface area contributed by atoms with Crippen molar-refractivity contribution in [1.29, 1.82) is 5.26 Å². The molecule has 0 aliphatic carbocycles. The Morgan fingerprint density at radius 1 is 1.39 bits per heavy atom. The summed E-state index contributed by atoms with van der Waals surface area (Å²) in [6.07, 6.45) is 1.33. The lowest BCUT2D eigenvalue weighted by Gasteiger charge is -2.18. The molecule has 10 heteroatoms. The lowest BCUT2D eigenvalue weighted by Crippen LogP contribution is -2.45. The van der Waals surface area contributed by atoms with Crippen molar-refractivity contribution in [3.63, 3.8) is 0 Å². The molecule has 1 aromatic heterocycles. The van der Waals surface area contributed by atoms with Gasteiger partial charge in [-0.05, 0) is 18.2 Å². The Kier molecular flexibility index (Phi) is 5.21. The molecule has 1 aromatic carbocycles. The summed E-state index contributed by atoms with van der Waals surface area (Å²) in [6.45, 7) is 1.16. The Bertz CT molecular complexity index is 894. The predicted molar refractivity (Wildman–Crippen MR) is 96.4 cm³/mol. The second-order valence-corrected chi connectivity index (χ2v) is 6.68. The zero-order valence-electron chi connectivity index (χ0n) is 15.2. The lowest BCUT2D eigenvalue weighted by atomic mass is 10.1. The molecule has 10 nitrogen and oxygen atoms in total. The lowest BCUT2D eigenvalue weighted by molar-refractivity contribution is 0.0622. The Hall–Kier alpha value is -3.00. The monoisotopic (exact) mass is 384 g/mol. The normalized spacial score (nSPS) is 25.9. The van der Waals surface area contributed by atoms with Gasteiger partial charge in [-0.25, -0.2) is 9.48 Å². The van der Waals surface area contributed by atoms with Gasteiger partial charge in [-0.1, -0.05) is 11.3 Å². The van der Waals surface area contributed by atoms with E-state index in [2.05, 4.69) is 20.9 Å². The van der Waals surface area contributed by atoms with E-state index in [0.717, 1.165) is 5.69 Å². The second kappa shape index (κ2) is 7.93. The summed E-state index contributed by atoms with van der Waals surface area (Å²) in [5.74, 6) is 0. The van der Waals surface area contributed by atoms with E-state index in [1.54, 1.807) is 36.1 Å². The topological polar surface area (TPSA) is 123 Å². The van der Waals surface area contributed by atoms with Crippen molar-refractivity contribution in [1.82, 2.24) is 20.3 Å². The highest BCUT2D eigenvalue weighted by Crippen LogP contribution is 2.34. The average Bonchev–Trinajstić information content (AvgIpc) is 3.40. The number of hydrogen-bond acceptors (Lipinski definition) is 7. The molecular weight excluding hydrogens is 364 g/mol. The molecule has 146 valence electrons. The fourth-order valence-corrected chi connectivity index (χ4v) is 3.52. The number of ether oxygens (including phenoxy) is 3. The van der Waals surface area contributed by atoms with E-state index in [1.165, 1.54) is 0 Å². The van der Waals surface area contributed by atoms with Crippen molar-refractivity contribution in [3.8, 4) is 6.07 Å². The number of nitrogens with zero attached hydrogens (tertiary/aromatic N) is 4. The van der Waals surface area contributed by atoms with Crippen molar-refractivity contribution in [2.45, 2.75) is 30.9 Å². The highest BCUT2D eigenvalue weighted by molar-refractivity contribution is 5.89. The fourth-order valence-electron chi connectivity index (χ4n) is 3.52. The van der Waals surface area contributed by atoms with Gasteiger partial charge in [0.05, 0.1) is 43.7 Å². The third-order valence-corrected chi connectivity index (χ3v) is 4.78. The van der Waals surface area contributed by atoms with Crippen LogP contribution in [0.5, 0.6) is 0 Å². The van der Waals surface area contributed by atoms with Crippen LogP contribution in [0.4, 0.5) is 10.5 Å². The maximum atomic E-state index is 12.3. The molecule has 3 heterocycles. The number of nitrogens with one attached hydrogen (secondary N) is 2. The zero-order valence-corrected chi connectivity index (χ0v) is 15.2. The average molecular weight is 384 g/mol. The van der Waals surface area contributed by atoms with E-state index in [1.807, 2.05) is 12.3 Å². The predicted octanol–water partition coefficient (Wildman–Crippen LogP) is 0.825. The largest absolute Gasteiger partial charge is 0.378 e. The van der Waals surface area contributed by atoms with Gasteiger partial charge in [-0.2, -0.15) is 5.26 Å². The standard InChI is InChI=1S/C18H20N6O4/c1-26-8-13-7-24(23-22-13)15-10-28-16-14(9-27-17(15)16)21-18(25)20-12-4-2-3-11(5-12)6-19/h2-5,7,14-17H,8-10H2,1H3,(H2,20,21,25)/t14-,15-,16+,17+/m0/s1. The molecule has 2 N–H and O–H groups in total. The highest BCUT2D eigenvalue weighted by atomic mass is 16.6. The number of aromatic nitrogens is 3.